The molecule has 0 aromatic heterocycles. The van der Waals surface area contributed by atoms with Gasteiger partial charge in [0.25, 0.3) is 0 Å². The number of carbonyl (C=O) groups is 1. The molecule has 0 saturated heterocycles. The summed E-state index contributed by atoms with van der Waals surface area (Å²) in [5.74, 6) is -0.337. The first kappa shape index (κ1) is 19.0. The van der Waals surface area contributed by atoms with Gasteiger partial charge in [-0.05, 0) is 36.4 Å². The second-order valence-electron chi connectivity index (χ2n) is 5.40. The number of nitrogens with zero attached hydrogens (tertiary/aromatic N) is 1. The van der Waals surface area contributed by atoms with E-state index in [0.29, 0.717) is 5.02 Å². The van der Waals surface area contributed by atoms with Gasteiger partial charge in [-0.15, -0.1) is 0 Å². The number of halogens is 3. The Hall–Kier alpha value is -1.30. The van der Waals surface area contributed by atoms with Gasteiger partial charge in [-0.25, -0.2) is 0 Å². The van der Waals surface area contributed by atoms with E-state index in [1.165, 1.54) is 0 Å². The fraction of sp³-hybridized carbons (Fsp3) is 0.235. The van der Waals surface area contributed by atoms with E-state index in [1.807, 2.05) is 0 Å². The van der Waals surface area contributed by atoms with Crippen LogP contribution in [0.3, 0.4) is 0 Å². The maximum absolute atomic E-state index is 12.4. The Bertz CT molecular complexity index is 702. The van der Waals surface area contributed by atoms with E-state index in [0.717, 1.165) is 5.69 Å². The summed E-state index contributed by atoms with van der Waals surface area (Å²) in [6, 6.07) is 10.7. The number of carbonyl (C=O) groups excluding carboxylic acids is 1. The lowest BCUT2D eigenvalue weighted by atomic mass is 9.99. The third-order valence-corrected chi connectivity index (χ3v) is 4.58. The van der Waals surface area contributed by atoms with Crippen molar-refractivity contribution in [2.75, 3.05) is 18.5 Å². The number of aliphatic hydroxyl groups is 1. The number of hydrogen-bond acceptors (Lipinski definition) is 4. The highest BCUT2D eigenvalue weighted by molar-refractivity contribution is 6.36. The van der Waals surface area contributed by atoms with Crippen molar-refractivity contribution in [1.29, 1.82) is 0 Å². The van der Waals surface area contributed by atoms with Gasteiger partial charge in [-0.2, -0.15) is 0 Å². The first-order valence-electron chi connectivity index (χ1n) is 7.18. The molecule has 4 nitrogen and oxygen atoms in total. The van der Waals surface area contributed by atoms with Crippen molar-refractivity contribution >= 4 is 46.3 Å². The summed E-state index contributed by atoms with van der Waals surface area (Å²) in [7, 11) is 1.75. The third-order valence-electron chi connectivity index (χ3n) is 3.67. The van der Waals surface area contributed by atoms with E-state index in [2.05, 4.69) is 0 Å². The average molecular weight is 388 g/mol. The van der Waals surface area contributed by atoms with Crippen LogP contribution in [-0.2, 0) is 4.79 Å². The number of hydrogen-bond donors (Lipinski definition) is 2. The molecular weight excluding hydrogens is 371 g/mol. The third kappa shape index (κ3) is 4.41. The van der Waals surface area contributed by atoms with Gasteiger partial charge in [0, 0.05) is 33.4 Å². The van der Waals surface area contributed by atoms with Crippen LogP contribution in [0.4, 0.5) is 5.69 Å². The number of anilines is 1. The number of likely N-dealkylation sites (N-methyl/N-ethyl adjacent to an activating group) is 1. The Morgan fingerprint density at radius 2 is 1.67 bits per heavy atom. The Balaban J connectivity index is 2.10. The minimum absolute atomic E-state index is 0.0297. The molecule has 24 heavy (non-hydrogen) atoms. The first-order chi connectivity index (χ1) is 11.3. The standard InChI is InChI=1S/C17H17Cl3N2O2/c1-22(11-7-5-10(18)6-8-11)9-14(23)16(21)17(24)15-12(19)3-2-4-13(15)20/h2-8,16-17,24H,9,21H2,1H3. The molecule has 0 heterocycles. The SMILES string of the molecule is CN(CC(=O)C(N)C(O)c1c(Cl)cccc1Cl)c1ccc(Cl)cc1. The van der Waals surface area contributed by atoms with Crippen molar-refractivity contribution in [1.82, 2.24) is 0 Å². The Morgan fingerprint density at radius 1 is 1.12 bits per heavy atom. The first-order valence-corrected chi connectivity index (χ1v) is 8.31. The summed E-state index contributed by atoms with van der Waals surface area (Å²) in [5, 5.41) is 11.5. The highest BCUT2D eigenvalue weighted by Crippen LogP contribution is 2.31. The minimum Gasteiger partial charge on any atom is -0.386 e. The highest BCUT2D eigenvalue weighted by Gasteiger charge is 2.28. The zero-order valence-electron chi connectivity index (χ0n) is 12.9. The second kappa shape index (κ2) is 8.19. The van der Waals surface area contributed by atoms with Crippen molar-refractivity contribution in [2.45, 2.75) is 12.1 Å². The van der Waals surface area contributed by atoms with Crippen molar-refractivity contribution in [3.63, 3.8) is 0 Å². The van der Waals surface area contributed by atoms with E-state index in [1.54, 1.807) is 54.4 Å². The normalized spacial score (nSPS) is 13.4. The molecule has 128 valence electrons. The average Bonchev–Trinajstić information content (AvgIpc) is 2.54. The summed E-state index contributed by atoms with van der Waals surface area (Å²) in [4.78, 5) is 14.1. The van der Waals surface area contributed by atoms with Gasteiger partial charge in [0.15, 0.2) is 5.78 Å². The van der Waals surface area contributed by atoms with Gasteiger partial charge in [0.1, 0.15) is 6.10 Å². The van der Waals surface area contributed by atoms with E-state index < -0.39 is 12.1 Å². The molecule has 0 amide bonds. The number of rotatable bonds is 6. The van der Waals surface area contributed by atoms with Crippen LogP contribution in [0.1, 0.15) is 11.7 Å². The van der Waals surface area contributed by atoms with E-state index in [9.17, 15) is 9.90 Å². The van der Waals surface area contributed by atoms with Gasteiger partial charge < -0.3 is 15.7 Å². The van der Waals surface area contributed by atoms with Crippen molar-refractivity contribution in [2.24, 2.45) is 5.73 Å². The summed E-state index contributed by atoms with van der Waals surface area (Å²) in [6.45, 7) is 0.0297. The molecule has 2 rings (SSSR count). The van der Waals surface area contributed by atoms with Gasteiger partial charge in [-0.1, -0.05) is 40.9 Å². The summed E-state index contributed by atoms with van der Waals surface area (Å²) < 4.78 is 0. The summed E-state index contributed by atoms with van der Waals surface area (Å²) in [6.07, 6.45) is -1.28. The predicted molar refractivity (Wildman–Crippen MR) is 99.1 cm³/mol. The molecule has 0 aliphatic heterocycles. The topological polar surface area (TPSA) is 66.6 Å². The summed E-state index contributed by atoms with van der Waals surface area (Å²) >= 11 is 18.0. The van der Waals surface area contributed by atoms with Crippen LogP contribution >= 0.6 is 34.8 Å². The molecule has 0 aliphatic carbocycles. The predicted octanol–water partition coefficient (Wildman–Crippen LogP) is 3.71. The highest BCUT2D eigenvalue weighted by atomic mass is 35.5. The van der Waals surface area contributed by atoms with Crippen LogP contribution in [0.25, 0.3) is 0 Å². The fourth-order valence-corrected chi connectivity index (χ4v) is 3.02. The van der Waals surface area contributed by atoms with Crippen molar-refractivity contribution in [3.05, 3.63) is 63.1 Å². The lowest BCUT2D eigenvalue weighted by Gasteiger charge is -2.24. The fourth-order valence-electron chi connectivity index (χ4n) is 2.27. The van der Waals surface area contributed by atoms with Crippen LogP contribution in [0, 0.1) is 0 Å². The Kier molecular flexibility index (Phi) is 6.49. The lowest BCUT2D eigenvalue weighted by molar-refractivity contribution is -0.121. The maximum Gasteiger partial charge on any atom is 0.171 e. The van der Waals surface area contributed by atoms with Crippen LogP contribution in [0.2, 0.25) is 15.1 Å². The molecule has 0 aliphatic rings. The minimum atomic E-state index is -1.28. The molecule has 0 spiro atoms. The number of aliphatic hydroxyl groups excluding tert-OH is 1. The van der Waals surface area contributed by atoms with Gasteiger partial charge in [0.05, 0.1) is 12.6 Å². The quantitative estimate of drug-likeness (QED) is 0.793. The molecule has 0 bridgehead atoms. The zero-order valence-corrected chi connectivity index (χ0v) is 15.2. The molecule has 2 aromatic carbocycles. The monoisotopic (exact) mass is 386 g/mol. The van der Waals surface area contributed by atoms with Crippen LogP contribution in [0.5, 0.6) is 0 Å². The van der Waals surface area contributed by atoms with Gasteiger partial charge in [-0.3, -0.25) is 4.79 Å². The Morgan fingerprint density at radius 3 is 2.21 bits per heavy atom. The molecule has 2 atom stereocenters. The molecule has 0 saturated carbocycles. The maximum atomic E-state index is 12.4. The zero-order chi connectivity index (χ0) is 17.9. The van der Waals surface area contributed by atoms with Crippen LogP contribution < -0.4 is 10.6 Å². The molecule has 7 heteroatoms. The smallest absolute Gasteiger partial charge is 0.171 e. The molecule has 3 N–H and O–H groups in total. The molecular formula is C17H17Cl3N2O2. The molecule has 0 fully saturated rings. The van der Waals surface area contributed by atoms with E-state index in [4.69, 9.17) is 40.5 Å². The van der Waals surface area contributed by atoms with Gasteiger partial charge >= 0.3 is 0 Å². The summed E-state index contributed by atoms with van der Waals surface area (Å²) in [5.41, 5.74) is 6.99. The molecule has 2 aromatic rings. The number of ketones is 1. The van der Waals surface area contributed by atoms with E-state index in [-0.39, 0.29) is 27.9 Å². The number of nitrogens with two attached hydrogens (primary N) is 1. The Labute approximate surface area is 155 Å². The van der Waals surface area contributed by atoms with Crippen LogP contribution in [0.15, 0.2) is 42.5 Å². The number of Topliss-reactive ketones (excluding diaryl/α,β-unsaturated/α-hetero) is 1. The number of benzene rings is 2. The lowest BCUT2D eigenvalue weighted by Crippen LogP contribution is -2.42. The van der Waals surface area contributed by atoms with E-state index >= 15 is 0 Å². The van der Waals surface area contributed by atoms with Gasteiger partial charge in [0.2, 0.25) is 0 Å². The van der Waals surface area contributed by atoms with Crippen molar-refractivity contribution < 1.29 is 9.90 Å². The molecule has 2 unspecified atom stereocenters. The molecule has 0 radical (unpaired) electrons. The second-order valence-corrected chi connectivity index (χ2v) is 6.66. The largest absolute Gasteiger partial charge is 0.386 e. The van der Waals surface area contributed by atoms with Crippen molar-refractivity contribution in [3.8, 4) is 0 Å². The van der Waals surface area contributed by atoms with Crippen LogP contribution in [-0.4, -0.2) is 30.5 Å².